The number of benzene rings is 1. The van der Waals surface area contributed by atoms with Crippen LogP contribution in [-0.2, 0) is 6.54 Å². The zero-order valence-electron chi connectivity index (χ0n) is 9.16. The van der Waals surface area contributed by atoms with Gasteiger partial charge in [-0.05, 0) is 18.2 Å². The number of carbonyl (C=O) groups is 2. The molecule has 0 atom stereocenters. The lowest BCUT2D eigenvalue weighted by molar-refractivity contribution is 0.0697. The fraction of sp³-hybridized carbons (Fsp3) is 0.0909. The number of carbonyl (C=O) groups excluding carboxylic acids is 1. The smallest absolute Gasteiger partial charge is 0.335 e. The van der Waals surface area contributed by atoms with Gasteiger partial charge in [0.15, 0.2) is 5.82 Å². The van der Waals surface area contributed by atoms with Gasteiger partial charge in [-0.25, -0.2) is 4.79 Å². The lowest BCUT2D eigenvalue weighted by Gasteiger charge is -2.03. The van der Waals surface area contributed by atoms with Crippen LogP contribution < -0.4 is 5.32 Å². The van der Waals surface area contributed by atoms with E-state index >= 15 is 0 Å². The summed E-state index contributed by atoms with van der Waals surface area (Å²) in [5, 5.41) is 14.9. The van der Waals surface area contributed by atoms with Crippen LogP contribution in [0.1, 0.15) is 26.5 Å². The van der Waals surface area contributed by atoms with E-state index < -0.39 is 11.9 Å². The maximum Gasteiger partial charge on any atom is 0.335 e. The number of hydrogen-bond acceptors (Lipinski definition) is 5. The molecule has 0 aliphatic heterocycles. The third-order valence-corrected chi connectivity index (χ3v) is 2.19. The van der Waals surface area contributed by atoms with Gasteiger partial charge in [0.05, 0.1) is 12.1 Å². The molecule has 0 aliphatic rings. The summed E-state index contributed by atoms with van der Waals surface area (Å²) in [4.78, 5) is 26.2. The van der Waals surface area contributed by atoms with Gasteiger partial charge in [0, 0.05) is 5.56 Å². The van der Waals surface area contributed by atoms with Crippen LogP contribution in [0.25, 0.3) is 0 Å². The molecule has 0 aliphatic carbocycles. The monoisotopic (exact) mass is 247 g/mol. The lowest BCUT2D eigenvalue weighted by atomic mass is 10.1. The van der Waals surface area contributed by atoms with Crippen molar-refractivity contribution in [1.29, 1.82) is 0 Å². The molecule has 2 rings (SSSR count). The van der Waals surface area contributed by atoms with Gasteiger partial charge in [0.25, 0.3) is 5.91 Å². The van der Waals surface area contributed by atoms with Gasteiger partial charge in [-0.1, -0.05) is 11.2 Å². The molecule has 92 valence electrons. The first kappa shape index (κ1) is 11.8. The quantitative estimate of drug-likeness (QED) is 0.823. The van der Waals surface area contributed by atoms with Crippen LogP contribution in [-0.4, -0.2) is 27.1 Å². The Labute approximate surface area is 101 Å². The molecule has 0 bridgehead atoms. The van der Waals surface area contributed by atoms with E-state index in [4.69, 9.17) is 5.11 Å². The maximum absolute atomic E-state index is 11.7. The van der Waals surface area contributed by atoms with E-state index in [0.717, 1.165) is 6.39 Å². The highest BCUT2D eigenvalue weighted by molar-refractivity contribution is 5.97. The highest BCUT2D eigenvalue weighted by Crippen LogP contribution is 2.05. The van der Waals surface area contributed by atoms with Crippen molar-refractivity contribution < 1.29 is 19.2 Å². The molecule has 1 aromatic heterocycles. The zero-order chi connectivity index (χ0) is 13.0. The van der Waals surface area contributed by atoms with Crippen molar-refractivity contribution in [3.8, 4) is 0 Å². The summed E-state index contributed by atoms with van der Waals surface area (Å²) in [7, 11) is 0. The summed E-state index contributed by atoms with van der Waals surface area (Å²) >= 11 is 0. The van der Waals surface area contributed by atoms with Crippen LogP contribution in [0.15, 0.2) is 35.2 Å². The fourth-order valence-electron chi connectivity index (χ4n) is 1.33. The number of nitrogens with zero attached hydrogens (tertiary/aromatic N) is 2. The second-order valence-electron chi connectivity index (χ2n) is 3.42. The molecule has 0 unspecified atom stereocenters. The van der Waals surface area contributed by atoms with E-state index in [2.05, 4.69) is 20.0 Å². The Morgan fingerprint density at radius 3 is 2.78 bits per heavy atom. The molecule has 2 N–H and O–H groups in total. The van der Waals surface area contributed by atoms with E-state index in [0.29, 0.717) is 5.82 Å². The van der Waals surface area contributed by atoms with E-state index in [9.17, 15) is 9.59 Å². The summed E-state index contributed by atoms with van der Waals surface area (Å²) in [6.07, 6.45) is 1.16. The molecular weight excluding hydrogens is 238 g/mol. The number of carboxylic acids is 1. The molecule has 7 heteroatoms. The zero-order valence-corrected chi connectivity index (χ0v) is 9.16. The van der Waals surface area contributed by atoms with Crippen molar-refractivity contribution in [2.75, 3.05) is 0 Å². The minimum atomic E-state index is -1.08. The first-order valence-corrected chi connectivity index (χ1v) is 5.03. The fourth-order valence-corrected chi connectivity index (χ4v) is 1.33. The third-order valence-electron chi connectivity index (χ3n) is 2.19. The summed E-state index contributed by atoms with van der Waals surface area (Å²) in [5.41, 5.74) is 0.320. The molecule has 0 saturated heterocycles. The summed E-state index contributed by atoms with van der Waals surface area (Å²) in [6, 6.07) is 5.75. The Morgan fingerprint density at radius 2 is 2.11 bits per heavy atom. The number of aromatic nitrogens is 2. The molecule has 1 amide bonds. The number of amides is 1. The van der Waals surface area contributed by atoms with Crippen molar-refractivity contribution in [2.24, 2.45) is 0 Å². The Hall–Kier alpha value is -2.70. The molecule has 0 radical (unpaired) electrons. The predicted molar refractivity (Wildman–Crippen MR) is 58.9 cm³/mol. The SMILES string of the molecule is O=C(O)c1cccc(C(=O)NCc2ncon2)c1. The van der Waals surface area contributed by atoms with Gasteiger partial charge in [0.1, 0.15) is 0 Å². The van der Waals surface area contributed by atoms with Gasteiger partial charge >= 0.3 is 5.97 Å². The summed E-state index contributed by atoms with van der Waals surface area (Å²) < 4.78 is 4.51. The molecule has 0 saturated carbocycles. The number of hydrogen-bond donors (Lipinski definition) is 2. The van der Waals surface area contributed by atoms with E-state index in [1.54, 1.807) is 0 Å². The first-order valence-electron chi connectivity index (χ1n) is 5.03. The van der Waals surface area contributed by atoms with Gasteiger partial charge < -0.3 is 14.9 Å². The first-order chi connectivity index (χ1) is 8.66. The number of aromatic carboxylic acids is 1. The van der Waals surface area contributed by atoms with Crippen LogP contribution >= 0.6 is 0 Å². The van der Waals surface area contributed by atoms with Gasteiger partial charge in [-0.3, -0.25) is 4.79 Å². The Morgan fingerprint density at radius 1 is 1.33 bits per heavy atom. The largest absolute Gasteiger partial charge is 0.478 e. The normalized spacial score (nSPS) is 10.0. The molecule has 7 nitrogen and oxygen atoms in total. The third kappa shape index (κ3) is 2.70. The van der Waals surface area contributed by atoms with E-state index in [1.807, 2.05) is 0 Å². The molecule has 1 heterocycles. The number of carboxylic acid groups (broad SMARTS) is 1. The second-order valence-corrected chi connectivity index (χ2v) is 3.42. The number of rotatable bonds is 4. The van der Waals surface area contributed by atoms with Crippen molar-refractivity contribution in [2.45, 2.75) is 6.54 Å². The van der Waals surface area contributed by atoms with Gasteiger partial charge in [-0.15, -0.1) is 0 Å². The molecule has 18 heavy (non-hydrogen) atoms. The van der Waals surface area contributed by atoms with Crippen LogP contribution in [0.2, 0.25) is 0 Å². The van der Waals surface area contributed by atoms with E-state index in [1.165, 1.54) is 24.3 Å². The molecule has 2 aromatic rings. The standard InChI is InChI=1S/C11H9N3O4/c15-10(12-5-9-13-6-18-14-9)7-2-1-3-8(4-7)11(16)17/h1-4,6H,5H2,(H,12,15)(H,16,17). The average molecular weight is 247 g/mol. The summed E-state index contributed by atoms with van der Waals surface area (Å²) in [6.45, 7) is 0.118. The van der Waals surface area contributed by atoms with Crippen molar-refractivity contribution in [1.82, 2.24) is 15.5 Å². The van der Waals surface area contributed by atoms with Crippen molar-refractivity contribution >= 4 is 11.9 Å². The maximum atomic E-state index is 11.7. The Bertz CT molecular complexity index is 565. The topological polar surface area (TPSA) is 105 Å². The van der Waals surface area contributed by atoms with Crippen molar-refractivity contribution in [3.05, 3.63) is 47.6 Å². The minimum absolute atomic E-state index is 0.0576. The predicted octanol–water partition coefficient (Wildman–Crippen LogP) is 0.698. The minimum Gasteiger partial charge on any atom is -0.478 e. The molecule has 0 spiro atoms. The Balaban J connectivity index is 2.04. The number of nitrogens with one attached hydrogen (secondary N) is 1. The van der Waals surface area contributed by atoms with Crippen LogP contribution in [0.3, 0.4) is 0 Å². The molecule has 1 aromatic carbocycles. The average Bonchev–Trinajstić information content (AvgIpc) is 2.89. The lowest BCUT2D eigenvalue weighted by Crippen LogP contribution is -2.23. The van der Waals surface area contributed by atoms with Crippen LogP contribution in [0.4, 0.5) is 0 Å². The molecular formula is C11H9N3O4. The summed E-state index contributed by atoms with van der Waals surface area (Å²) in [5.74, 6) is -1.14. The van der Waals surface area contributed by atoms with Gasteiger partial charge in [0.2, 0.25) is 6.39 Å². The highest BCUT2D eigenvalue weighted by atomic mass is 16.5. The van der Waals surface area contributed by atoms with Crippen LogP contribution in [0.5, 0.6) is 0 Å². The van der Waals surface area contributed by atoms with Gasteiger partial charge in [-0.2, -0.15) is 4.98 Å². The van der Waals surface area contributed by atoms with Crippen molar-refractivity contribution in [3.63, 3.8) is 0 Å². The van der Waals surface area contributed by atoms with Crippen LogP contribution in [0, 0.1) is 0 Å². The molecule has 0 fully saturated rings. The Kier molecular flexibility index (Phi) is 3.33. The second kappa shape index (κ2) is 5.09. The van der Waals surface area contributed by atoms with E-state index in [-0.39, 0.29) is 17.7 Å². The highest BCUT2D eigenvalue weighted by Gasteiger charge is 2.09.